The molecule has 15 heavy (non-hydrogen) atoms. The zero-order valence-electron chi connectivity index (χ0n) is 9.60. The summed E-state index contributed by atoms with van der Waals surface area (Å²) in [5.41, 5.74) is 6.83. The molecule has 4 nitrogen and oxygen atoms in total. The molecule has 1 unspecified atom stereocenters. The van der Waals surface area contributed by atoms with E-state index < -0.39 is 0 Å². The minimum Gasteiger partial charge on any atom is -0.383 e. The van der Waals surface area contributed by atoms with Gasteiger partial charge in [0.1, 0.15) is 5.82 Å². The topological polar surface area (TPSA) is 51.4 Å². The molecule has 0 aromatic carbocycles. The third-order valence-corrected chi connectivity index (χ3v) is 2.51. The van der Waals surface area contributed by atoms with Crippen LogP contribution >= 0.6 is 0 Å². The number of hydrogen-bond donors (Lipinski definition) is 1. The van der Waals surface area contributed by atoms with Gasteiger partial charge in [-0.25, -0.2) is 4.98 Å². The molecular formula is C11H19N3O. The van der Waals surface area contributed by atoms with Crippen LogP contribution in [0.3, 0.4) is 0 Å². The zero-order chi connectivity index (χ0) is 11.3. The van der Waals surface area contributed by atoms with Crippen molar-refractivity contribution in [1.29, 1.82) is 0 Å². The standard InChI is InChI=1S/C11H19N3O/c1-9(8-15-3)14(2)7-10-5-4-6-13-11(10)12/h4-6,9H,7-8H2,1-3H3,(H2,12,13). The summed E-state index contributed by atoms with van der Waals surface area (Å²) in [5.74, 6) is 0.606. The average Bonchev–Trinajstić information content (AvgIpc) is 2.21. The van der Waals surface area contributed by atoms with Gasteiger partial charge in [0, 0.05) is 31.5 Å². The van der Waals surface area contributed by atoms with E-state index >= 15 is 0 Å². The van der Waals surface area contributed by atoms with E-state index in [-0.39, 0.29) is 0 Å². The quantitative estimate of drug-likeness (QED) is 0.790. The molecule has 1 aromatic heterocycles. The van der Waals surface area contributed by atoms with Crippen molar-refractivity contribution in [1.82, 2.24) is 9.88 Å². The summed E-state index contributed by atoms with van der Waals surface area (Å²) in [4.78, 5) is 6.25. The van der Waals surface area contributed by atoms with Crippen molar-refractivity contribution in [3.63, 3.8) is 0 Å². The Morgan fingerprint density at radius 1 is 1.60 bits per heavy atom. The van der Waals surface area contributed by atoms with Crippen molar-refractivity contribution >= 4 is 5.82 Å². The molecule has 1 atom stereocenters. The summed E-state index contributed by atoms with van der Waals surface area (Å²) in [5, 5.41) is 0. The molecule has 84 valence electrons. The summed E-state index contributed by atoms with van der Waals surface area (Å²) in [6, 6.07) is 4.27. The summed E-state index contributed by atoms with van der Waals surface area (Å²) >= 11 is 0. The monoisotopic (exact) mass is 209 g/mol. The predicted octanol–water partition coefficient (Wildman–Crippen LogP) is 1.13. The molecule has 1 heterocycles. The highest BCUT2D eigenvalue weighted by Crippen LogP contribution is 2.11. The average molecular weight is 209 g/mol. The van der Waals surface area contributed by atoms with Gasteiger partial charge in [-0.2, -0.15) is 0 Å². The van der Waals surface area contributed by atoms with Gasteiger partial charge in [-0.05, 0) is 20.0 Å². The SMILES string of the molecule is COCC(C)N(C)Cc1cccnc1N. The molecule has 0 aliphatic heterocycles. The van der Waals surface area contributed by atoms with Crippen LogP contribution in [0.2, 0.25) is 0 Å². The van der Waals surface area contributed by atoms with Crippen molar-refractivity contribution in [2.24, 2.45) is 0 Å². The van der Waals surface area contributed by atoms with E-state index in [9.17, 15) is 0 Å². The Bertz CT molecular complexity index is 304. The van der Waals surface area contributed by atoms with E-state index in [1.807, 2.05) is 12.1 Å². The van der Waals surface area contributed by atoms with Crippen molar-refractivity contribution in [3.05, 3.63) is 23.9 Å². The largest absolute Gasteiger partial charge is 0.383 e. The third-order valence-electron chi connectivity index (χ3n) is 2.51. The molecule has 0 spiro atoms. The summed E-state index contributed by atoms with van der Waals surface area (Å²) in [6.07, 6.45) is 1.71. The highest BCUT2D eigenvalue weighted by Gasteiger charge is 2.10. The lowest BCUT2D eigenvalue weighted by Crippen LogP contribution is -2.32. The molecule has 0 aliphatic carbocycles. The van der Waals surface area contributed by atoms with Gasteiger partial charge < -0.3 is 10.5 Å². The number of hydrogen-bond acceptors (Lipinski definition) is 4. The van der Waals surface area contributed by atoms with E-state index in [2.05, 4.69) is 23.9 Å². The maximum atomic E-state index is 5.77. The van der Waals surface area contributed by atoms with Gasteiger partial charge in [0.05, 0.1) is 6.61 Å². The fraction of sp³-hybridized carbons (Fsp3) is 0.545. The highest BCUT2D eigenvalue weighted by molar-refractivity contribution is 5.38. The highest BCUT2D eigenvalue weighted by atomic mass is 16.5. The van der Waals surface area contributed by atoms with Gasteiger partial charge in [0.25, 0.3) is 0 Å². The van der Waals surface area contributed by atoms with Crippen molar-refractivity contribution in [2.45, 2.75) is 19.5 Å². The van der Waals surface area contributed by atoms with Crippen LogP contribution in [-0.2, 0) is 11.3 Å². The summed E-state index contributed by atoms with van der Waals surface area (Å²) < 4.78 is 5.10. The number of nitrogens with zero attached hydrogens (tertiary/aromatic N) is 2. The first-order valence-electron chi connectivity index (χ1n) is 5.03. The molecule has 0 radical (unpaired) electrons. The Kier molecular flexibility index (Phi) is 4.52. The van der Waals surface area contributed by atoms with E-state index in [0.29, 0.717) is 11.9 Å². The fourth-order valence-corrected chi connectivity index (χ4v) is 1.38. The molecule has 0 aliphatic rings. The van der Waals surface area contributed by atoms with Crippen molar-refractivity contribution in [2.75, 3.05) is 26.5 Å². The van der Waals surface area contributed by atoms with Gasteiger partial charge >= 0.3 is 0 Å². The van der Waals surface area contributed by atoms with Crippen molar-refractivity contribution in [3.8, 4) is 0 Å². The molecular weight excluding hydrogens is 190 g/mol. The normalized spacial score (nSPS) is 13.1. The van der Waals surface area contributed by atoms with Gasteiger partial charge in [-0.15, -0.1) is 0 Å². The van der Waals surface area contributed by atoms with Crippen LogP contribution in [0.1, 0.15) is 12.5 Å². The van der Waals surface area contributed by atoms with Crippen LogP contribution in [0.25, 0.3) is 0 Å². The minimum atomic E-state index is 0.370. The lowest BCUT2D eigenvalue weighted by atomic mass is 10.2. The molecule has 0 fully saturated rings. The number of likely N-dealkylation sites (N-methyl/N-ethyl adjacent to an activating group) is 1. The lowest BCUT2D eigenvalue weighted by Gasteiger charge is -2.24. The van der Waals surface area contributed by atoms with E-state index in [0.717, 1.165) is 18.7 Å². The van der Waals surface area contributed by atoms with E-state index in [1.54, 1.807) is 13.3 Å². The van der Waals surface area contributed by atoms with Crippen LogP contribution in [0, 0.1) is 0 Å². The number of aromatic nitrogens is 1. The maximum Gasteiger partial charge on any atom is 0.127 e. The second-order valence-corrected chi connectivity index (χ2v) is 3.77. The Labute approximate surface area is 91.1 Å². The predicted molar refractivity (Wildman–Crippen MR) is 61.5 cm³/mol. The summed E-state index contributed by atoms with van der Waals surface area (Å²) in [7, 11) is 3.76. The molecule has 2 N–H and O–H groups in total. The number of rotatable bonds is 5. The Hall–Kier alpha value is -1.13. The first kappa shape index (κ1) is 11.9. The fourth-order valence-electron chi connectivity index (χ4n) is 1.38. The lowest BCUT2D eigenvalue weighted by molar-refractivity contribution is 0.112. The van der Waals surface area contributed by atoms with Crippen LogP contribution in [0.4, 0.5) is 5.82 Å². The van der Waals surface area contributed by atoms with Crippen LogP contribution in [0.5, 0.6) is 0 Å². The molecule has 0 bridgehead atoms. The minimum absolute atomic E-state index is 0.370. The molecule has 1 rings (SSSR count). The number of anilines is 1. The number of nitrogens with two attached hydrogens (primary N) is 1. The third kappa shape index (κ3) is 3.49. The second kappa shape index (κ2) is 5.68. The Balaban J connectivity index is 2.58. The molecule has 0 amide bonds. The Morgan fingerprint density at radius 2 is 2.33 bits per heavy atom. The van der Waals surface area contributed by atoms with Crippen LogP contribution in [-0.4, -0.2) is 36.7 Å². The summed E-state index contributed by atoms with van der Waals surface area (Å²) in [6.45, 7) is 3.64. The zero-order valence-corrected chi connectivity index (χ0v) is 9.60. The number of nitrogen functional groups attached to an aromatic ring is 1. The van der Waals surface area contributed by atoms with Crippen molar-refractivity contribution < 1.29 is 4.74 Å². The van der Waals surface area contributed by atoms with E-state index in [4.69, 9.17) is 10.5 Å². The maximum absolute atomic E-state index is 5.77. The number of pyridine rings is 1. The van der Waals surface area contributed by atoms with Crippen LogP contribution in [0.15, 0.2) is 18.3 Å². The smallest absolute Gasteiger partial charge is 0.127 e. The van der Waals surface area contributed by atoms with E-state index in [1.165, 1.54) is 0 Å². The van der Waals surface area contributed by atoms with Gasteiger partial charge in [0.15, 0.2) is 0 Å². The van der Waals surface area contributed by atoms with Gasteiger partial charge in [-0.1, -0.05) is 6.07 Å². The number of methoxy groups -OCH3 is 1. The van der Waals surface area contributed by atoms with Crippen LogP contribution < -0.4 is 5.73 Å². The van der Waals surface area contributed by atoms with Gasteiger partial charge in [-0.3, -0.25) is 4.90 Å². The second-order valence-electron chi connectivity index (χ2n) is 3.77. The molecule has 0 saturated carbocycles. The number of ether oxygens (including phenoxy) is 1. The molecule has 0 saturated heterocycles. The van der Waals surface area contributed by atoms with Gasteiger partial charge in [0.2, 0.25) is 0 Å². The first-order chi connectivity index (χ1) is 7.15. The first-order valence-corrected chi connectivity index (χ1v) is 5.03. The molecule has 1 aromatic rings. The molecule has 4 heteroatoms. The Morgan fingerprint density at radius 3 is 2.93 bits per heavy atom.